The van der Waals surface area contributed by atoms with Gasteiger partial charge in [-0.2, -0.15) is 15.0 Å². The highest BCUT2D eigenvalue weighted by Gasteiger charge is 2.21. The van der Waals surface area contributed by atoms with E-state index in [2.05, 4.69) is 39.4 Å². The normalized spacial score (nSPS) is 21.3. The summed E-state index contributed by atoms with van der Waals surface area (Å²) in [6, 6.07) is 0.383. The second-order valence-corrected chi connectivity index (χ2v) is 5.79. The van der Waals surface area contributed by atoms with E-state index in [1.165, 1.54) is 19.3 Å². The number of rotatable bonds is 8. The molecule has 118 valence electrons. The van der Waals surface area contributed by atoms with Crippen LogP contribution in [-0.4, -0.2) is 34.6 Å². The van der Waals surface area contributed by atoms with Gasteiger partial charge in [-0.3, -0.25) is 0 Å². The highest BCUT2D eigenvalue weighted by Crippen LogP contribution is 2.30. The molecule has 0 aromatic carbocycles. The molecule has 6 heteroatoms. The largest absolute Gasteiger partial charge is 0.464 e. The van der Waals surface area contributed by atoms with E-state index in [1.54, 1.807) is 0 Å². The number of nitrogens with one attached hydrogen (secondary N) is 2. The molecular formula is C15H27N5O. The predicted molar refractivity (Wildman–Crippen MR) is 84.8 cm³/mol. The molecule has 0 amide bonds. The standard InChI is InChI=1S/C15H27N5O/c1-4-8-16-13-18-14(20-15(19-13)21-5-2)17-10-12-7-6-11(3)9-12/h11-12H,4-10H2,1-3H3,(H2,16,17,18,19,20). The van der Waals surface area contributed by atoms with Crippen LogP contribution in [0, 0.1) is 11.8 Å². The SMILES string of the molecule is CCCNc1nc(NCC2CCC(C)C2)nc(OCC)n1. The van der Waals surface area contributed by atoms with E-state index >= 15 is 0 Å². The molecule has 1 aromatic rings. The van der Waals surface area contributed by atoms with Crippen molar-refractivity contribution in [3.8, 4) is 6.01 Å². The van der Waals surface area contributed by atoms with Crippen LogP contribution in [0.1, 0.15) is 46.5 Å². The summed E-state index contributed by atoms with van der Waals surface area (Å²) in [5.74, 6) is 2.75. The van der Waals surface area contributed by atoms with Crippen LogP contribution >= 0.6 is 0 Å². The van der Waals surface area contributed by atoms with Crippen molar-refractivity contribution in [2.24, 2.45) is 11.8 Å². The Labute approximate surface area is 127 Å². The van der Waals surface area contributed by atoms with Gasteiger partial charge in [0, 0.05) is 13.1 Å². The van der Waals surface area contributed by atoms with E-state index in [0.717, 1.165) is 31.3 Å². The van der Waals surface area contributed by atoms with Crippen molar-refractivity contribution >= 4 is 11.9 Å². The van der Waals surface area contributed by atoms with E-state index in [-0.39, 0.29) is 0 Å². The van der Waals surface area contributed by atoms with Gasteiger partial charge in [-0.1, -0.05) is 20.3 Å². The minimum Gasteiger partial charge on any atom is -0.464 e. The molecule has 2 N–H and O–H groups in total. The first-order valence-electron chi connectivity index (χ1n) is 8.07. The Balaban J connectivity index is 1.97. The molecule has 2 atom stereocenters. The van der Waals surface area contributed by atoms with E-state index in [9.17, 15) is 0 Å². The summed E-state index contributed by atoms with van der Waals surface area (Å²) in [7, 11) is 0. The summed E-state index contributed by atoms with van der Waals surface area (Å²) in [4.78, 5) is 13.0. The van der Waals surface area contributed by atoms with Crippen LogP contribution in [0.4, 0.5) is 11.9 Å². The van der Waals surface area contributed by atoms with E-state index < -0.39 is 0 Å². The number of aromatic nitrogens is 3. The Morgan fingerprint density at radius 2 is 1.86 bits per heavy atom. The van der Waals surface area contributed by atoms with Crippen LogP contribution in [0.5, 0.6) is 6.01 Å². The highest BCUT2D eigenvalue weighted by atomic mass is 16.5. The summed E-state index contributed by atoms with van der Waals surface area (Å²) in [6.45, 7) is 8.68. The second-order valence-electron chi connectivity index (χ2n) is 5.79. The fourth-order valence-electron chi connectivity index (χ4n) is 2.69. The Kier molecular flexibility index (Phi) is 6.02. The highest BCUT2D eigenvalue weighted by molar-refractivity contribution is 5.35. The second kappa shape index (κ2) is 8.00. The maximum atomic E-state index is 5.41. The maximum Gasteiger partial charge on any atom is 0.323 e. The van der Waals surface area contributed by atoms with Crippen LogP contribution in [0.3, 0.4) is 0 Å². The van der Waals surface area contributed by atoms with Gasteiger partial charge < -0.3 is 15.4 Å². The average Bonchev–Trinajstić information content (AvgIpc) is 2.89. The van der Waals surface area contributed by atoms with Gasteiger partial charge in [0.25, 0.3) is 0 Å². The number of ether oxygens (including phenoxy) is 1. The first-order valence-corrected chi connectivity index (χ1v) is 8.07. The van der Waals surface area contributed by atoms with Gasteiger partial charge in [-0.25, -0.2) is 0 Å². The van der Waals surface area contributed by atoms with Crippen molar-refractivity contribution in [2.45, 2.75) is 46.5 Å². The van der Waals surface area contributed by atoms with Gasteiger partial charge in [-0.05, 0) is 38.0 Å². The maximum absolute atomic E-state index is 5.41. The molecule has 1 aromatic heterocycles. The van der Waals surface area contributed by atoms with Gasteiger partial charge >= 0.3 is 6.01 Å². The van der Waals surface area contributed by atoms with E-state index in [0.29, 0.717) is 24.5 Å². The van der Waals surface area contributed by atoms with Crippen molar-refractivity contribution in [1.82, 2.24) is 15.0 Å². The lowest BCUT2D eigenvalue weighted by atomic mass is 10.1. The Morgan fingerprint density at radius 3 is 2.48 bits per heavy atom. The van der Waals surface area contributed by atoms with Crippen LogP contribution in [0.15, 0.2) is 0 Å². The average molecular weight is 293 g/mol. The predicted octanol–water partition coefficient (Wildman–Crippen LogP) is 2.94. The number of hydrogen-bond donors (Lipinski definition) is 2. The molecular weight excluding hydrogens is 266 g/mol. The molecule has 0 saturated heterocycles. The van der Waals surface area contributed by atoms with Crippen molar-refractivity contribution in [1.29, 1.82) is 0 Å². The summed E-state index contributed by atoms with van der Waals surface area (Å²) in [6.07, 6.45) is 4.94. The summed E-state index contributed by atoms with van der Waals surface area (Å²) >= 11 is 0. The molecule has 6 nitrogen and oxygen atoms in total. The van der Waals surface area contributed by atoms with Crippen molar-refractivity contribution < 1.29 is 4.74 Å². The number of anilines is 2. The Hall–Kier alpha value is -1.59. The van der Waals surface area contributed by atoms with Crippen LogP contribution in [-0.2, 0) is 0 Å². The minimum atomic E-state index is 0.383. The molecule has 1 aliphatic rings. The van der Waals surface area contributed by atoms with Crippen molar-refractivity contribution in [2.75, 3.05) is 30.3 Å². The van der Waals surface area contributed by atoms with Crippen molar-refractivity contribution in [3.05, 3.63) is 0 Å². The van der Waals surface area contributed by atoms with Gasteiger partial charge in [0.1, 0.15) is 0 Å². The first kappa shape index (κ1) is 15.8. The zero-order valence-electron chi connectivity index (χ0n) is 13.4. The van der Waals surface area contributed by atoms with Crippen LogP contribution in [0.25, 0.3) is 0 Å². The lowest BCUT2D eigenvalue weighted by Crippen LogP contribution is -2.16. The molecule has 1 heterocycles. The molecule has 2 rings (SSSR count). The lowest BCUT2D eigenvalue weighted by Gasteiger charge is -2.13. The molecule has 2 unspecified atom stereocenters. The number of nitrogens with zero attached hydrogens (tertiary/aromatic N) is 3. The van der Waals surface area contributed by atoms with Gasteiger partial charge in [0.15, 0.2) is 0 Å². The number of hydrogen-bond acceptors (Lipinski definition) is 6. The monoisotopic (exact) mass is 293 g/mol. The molecule has 1 fully saturated rings. The van der Waals surface area contributed by atoms with E-state index in [4.69, 9.17) is 4.74 Å². The molecule has 1 saturated carbocycles. The fourth-order valence-corrected chi connectivity index (χ4v) is 2.69. The summed E-state index contributed by atoms with van der Waals surface area (Å²) in [5, 5.41) is 6.53. The molecule has 0 bridgehead atoms. The smallest absolute Gasteiger partial charge is 0.323 e. The third-order valence-electron chi connectivity index (χ3n) is 3.77. The molecule has 1 aliphatic carbocycles. The van der Waals surface area contributed by atoms with Gasteiger partial charge in [0.05, 0.1) is 6.61 Å². The third kappa shape index (κ3) is 5.02. The topological polar surface area (TPSA) is 72.0 Å². The van der Waals surface area contributed by atoms with Crippen LogP contribution < -0.4 is 15.4 Å². The lowest BCUT2D eigenvalue weighted by molar-refractivity contribution is 0.312. The summed E-state index contributed by atoms with van der Waals surface area (Å²) in [5.41, 5.74) is 0. The fraction of sp³-hybridized carbons (Fsp3) is 0.800. The van der Waals surface area contributed by atoms with Crippen LogP contribution in [0.2, 0.25) is 0 Å². The third-order valence-corrected chi connectivity index (χ3v) is 3.77. The molecule has 0 spiro atoms. The molecule has 0 aliphatic heterocycles. The Morgan fingerprint density at radius 1 is 1.10 bits per heavy atom. The molecule has 21 heavy (non-hydrogen) atoms. The van der Waals surface area contributed by atoms with Gasteiger partial charge in [0.2, 0.25) is 11.9 Å². The quantitative estimate of drug-likeness (QED) is 0.768. The van der Waals surface area contributed by atoms with Crippen molar-refractivity contribution in [3.63, 3.8) is 0 Å². The molecule has 0 radical (unpaired) electrons. The minimum absolute atomic E-state index is 0.383. The van der Waals surface area contributed by atoms with E-state index in [1.807, 2.05) is 6.92 Å². The zero-order valence-corrected chi connectivity index (χ0v) is 13.4. The summed E-state index contributed by atoms with van der Waals surface area (Å²) < 4.78 is 5.41. The first-order chi connectivity index (χ1) is 10.2. The van der Waals surface area contributed by atoms with Gasteiger partial charge in [-0.15, -0.1) is 0 Å². The Bertz CT molecular complexity index is 440. The zero-order chi connectivity index (χ0) is 15.1.